The van der Waals surface area contributed by atoms with Gasteiger partial charge in [0.1, 0.15) is 23.1 Å². The van der Waals surface area contributed by atoms with Gasteiger partial charge < -0.3 is 14.5 Å². The highest BCUT2D eigenvalue weighted by molar-refractivity contribution is 7.21. The number of carbonyl (C=O) groups is 1. The fraction of sp³-hybridized carbons (Fsp3) is 0.172. The van der Waals surface area contributed by atoms with Crippen LogP contribution in [0.15, 0.2) is 83.3 Å². The standard InChI is InChI=1S/C29H26N2O3S/c1-18(2)20-7-11-23(12-8-20)33-17-24-13-15-26(34-24)28(32)30-22-9-5-21(6-10-22)29-31-25-14-4-19(3)16-27(25)35-29/h4-16,18H,17H2,1-3H3,(H,30,32). The number of fused-ring (bicyclic) bond motifs is 1. The molecule has 2 heterocycles. The van der Waals surface area contributed by atoms with Gasteiger partial charge in [-0.1, -0.05) is 32.0 Å². The minimum absolute atomic E-state index is 0.240. The first kappa shape index (κ1) is 22.9. The summed E-state index contributed by atoms with van der Waals surface area (Å²) in [6.07, 6.45) is 0. The third kappa shape index (κ3) is 5.28. The van der Waals surface area contributed by atoms with E-state index < -0.39 is 0 Å². The molecule has 1 amide bonds. The molecule has 0 fully saturated rings. The van der Waals surface area contributed by atoms with E-state index in [9.17, 15) is 4.79 Å². The Kier molecular flexibility index (Phi) is 6.38. The highest BCUT2D eigenvalue weighted by Gasteiger charge is 2.13. The maximum Gasteiger partial charge on any atom is 0.291 e. The number of aromatic nitrogens is 1. The quantitative estimate of drug-likeness (QED) is 0.257. The van der Waals surface area contributed by atoms with Crippen LogP contribution in [0.5, 0.6) is 5.75 Å². The van der Waals surface area contributed by atoms with Gasteiger partial charge >= 0.3 is 0 Å². The van der Waals surface area contributed by atoms with Crippen LogP contribution in [0.2, 0.25) is 0 Å². The molecule has 35 heavy (non-hydrogen) atoms. The van der Waals surface area contributed by atoms with Crippen molar-refractivity contribution in [3.63, 3.8) is 0 Å². The Morgan fingerprint density at radius 1 is 1.00 bits per heavy atom. The van der Waals surface area contributed by atoms with E-state index in [1.165, 1.54) is 15.8 Å². The summed E-state index contributed by atoms with van der Waals surface area (Å²) >= 11 is 1.66. The van der Waals surface area contributed by atoms with Gasteiger partial charge in [0, 0.05) is 11.3 Å². The van der Waals surface area contributed by atoms with Crippen LogP contribution in [0.25, 0.3) is 20.8 Å². The second kappa shape index (κ2) is 9.76. The predicted molar refractivity (Wildman–Crippen MR) is 141 cm³/mol. The van der Waals surface area contributed by atoms with Crippen molar-refractivity contribution in [3.05, 3.63) is 102 Å². The summed E-state index contributed by atoms with van der Waals surface area (Å²) in [5.41, 5.74) is 5.19. The van der Waals surface area contributed by atoms with E-state index in [2.05, 4.69) is 50.4 Å². The molecule has 0 aliphatic carbocycles. The van der Waals surface area contributed by atoms with Gasteiger partial charge in [-0.05, 0) is 84.6 Å². The molecule has 0 bridgehead atoms. The van der Waals surface area contributed by atoms with E-state index in [0.29, 0.717) is 17.4 Å². The average molecular weight is 483 g/mol. The van der Waals surface area contributed by atoms with Crippen molar-refractivity contribution in [1.82, 2.24) is 4.98 Å². The van der Waals surface area contributed by atoms with Gasteiger partial charge in [-0.2, -0.15) is 0 Å². The lowest BCUT2D eigenvalue weighted by atomic mass is 10.0. The van der Waals surface area contributed by atoms with E-state index in [1.807, 2.05) is 42.5 Å². The van der Waals surface area contributed by atoms with Gasteiger partial charge in [0.15, 0.2) is 5.76 Å². The summed E-state index contributed by atoms with van der Waals surface area (Å²) in [6.45, 7) is 6.65. The summed E-state index contributed by atoms with van der Waals surface area (Å²) in [5.74, 6) is 1.76. The first-order valence-electron chi connectivity index (χ1n) is 11.5. The molecule has 2 aromatic heterocycles. The van der Waals surface area contributed by atoms with Crippen molar-refractivity contribution >= 4 is 33.1 Å². The molecule has 5 rings (SSSR count). The third-order valence-electron chi connectivity index (χ3n) is 5.75. The molecule has 0 aliphatic rings. The number of benzene rings is 3. The summed E-state index contributed by atoms with van der Waals surface area (Å²) < 4.78 is 12.7. The highest BCUT2D eigenvalue weighted by Crippen LogP contribution is 2.31. The van der Waals surface area contributed by atoms with E-state index in [4.69, 9.17) is 14.1 Å². The number of rotatable bonds is 7. The normalized spacial score (nSPS) is 11.2. The first-order valence-corrected chi connectivity index (χ1v) is 12.4. The lowest BCUT2D eigenvalue weighted by Gasteiger charge is -2.08. The zero-order valence-corrected chi connectivity index (χ0v) is 20.7. The molecule has 3 aromatic carbocycles. The van der Waals surface area contributed by atoms with Crippen LogP contribution in [0.1, 0.15) is 47.2 Å². The lowest BCUT2D eigenvalue weighted by Crippen LogP contribution is -2.10. The second-order valence-corrected chi connectivity index (χ2v) is 9.83. The number of anilines is 1. The summed E-state index contributed by atoms with van der Waals surface area (Å²) in [6, 6.07) is 25.4. The molecule has 0 radical (unpaired) electrons. The minimum Gasteiger partial charge on any atom is -0.486 e. The van der Waals surface area contributed by atoms with Crippen LogP contribution in [-0.2, 0) is 6.61 Å². The topological polar surface area (TPSA) is 64.4 Å². The number of furan rings is 1. The van der Waals surface area contributed by atoms with E-state index in [0.717, 1.165) is 21.8 Å². The van der Waals surface area contributed by atoms with Crippen molar-refractivity contribution < 1.29 is 13.9 Å². The fourth-order valence-electron chi connectivity index (χ4n) is 3.73. The Morgan fingerprint density at radius 2 is 1.77 bits per heavy atom. The van der Waals surface area contributed by atoms with Crippen molar-refractivity contribution in [2.75, 3.05) is 5.32 Å². The van der Waals surface area contributed by atoms with E-state index in [1.54, 1.807) is 23.5 Å². The Hall–Kier alpha value is -3.90. The second-order valence-electron chi connectivity index (χ2n) is 8.80. The molecule has 0 aliphatic heterocycles. The van der Waals surface area contributed by atoms with Crippen LogP contribution in [0.3, 0.4) is 0 Å². The Bertz CT molecular complexity index is 1460. The van der Waals surface area contributed by atoms with Gasteiger partial charge in [0.05, 0.1) is 10.2 Å². The number of thiazole rings is 1. The molecule has 5 nitrogen and oxygen atoms in total. The molecule has 0 unspecified atom stereocenters. The largest absolute Gasteiger partial charge is 0.486 e. The number of hydrogen-bond donors (Lipinski definition) is 1. The van der Waals surface area contributed by atoms with Crippen LogP contribution >= 0.6 is 11.3 Å². The van der Waals surface area contributed by atoms with Gasteiger partial charge in [0.25, 0.3) is 5.91 Å². The molecule has 0 saturated carbocycles. The number of hydrogen-bond acceptors (Lipinski definition) is 5. The van der Waals surface area contributed by atoms with Crippen LogP contribution in [0.4, 0.5) is 5.69 Å². The zero-order chi connectivity index (χ0) is 24.4. The maximum atomic E-state index is 12.7. The predicted octanol–water partition coefficient (Wildman–Crippen LogP) is 7.82. The number of carbonyl (C=O) groups excluding carboxylic acids is 1. The van der Waals surface area contributed by atoms with Crippen molar-refractivity contribution in [3.8, 4) is 16.3 Å². The molecule has 0 atom stereocenters. The summed E-state index contributed by atoms with van der Waals surface area (Å²) in [4.78, 5) is 17.4. The van der Waals surface area contributed by atoms with Crippen LogP contribution in [-0.4, -0.2) is 10.9 Å². The number of ether oxygens (including phenoxy) is 1. The first-order chi connectivity index (χ1) is 16.9. The Morgan fingerprint density at radius 3 is 2.51 bits per heavy atom. The smallest absolute Gasteiger partial charge is 0.291 e. The van der Waals surface area contributed by atoms with Gasteiger partial charge in [-0.3, -0.25) is 4.79 Å². The van der Waals surface area contributed by atoms with Crippen molar-refractivity contribution in [2.24, 2.45) is 0 Å². The fourth-order valence-corrected chi connectivity index (χ4v) is 4.79. The lowest BCUT2D eigenvalue weighted by molar-refractivity contribution is 0.0992. The minimum atomic E-state index is -0.305. The highest BCUT2D eigenvalue weighted by atomic mass is 32.1. The SMILES string of the molecule is Cc1ccc2nc(-c3ccc(NC(=O)c4ccc(COc5ccc(C(C)C)cc5)o4)cc3)sc2c1. The maximum absolute atomic E-state index is 12.7. The summed E-state index contributed by atoms with van der Waals surface area (Å²) in [7, 11) is 0. The molecular formula is C29H26N2O3S. The van der Waals surface area contributed by atoms with E-state index in [-0.39, 0.29) is 18.3 Å². The van der Waals surface area contributed by atoms with Crippen molar-refractivity contribution in [2.45, 2.75) is 33.3 Å². The molecule has 1 N–H and O–H groups in total. The van der Waals surface area contributed by atoms with E-state index >= 15 is 0 Å². The van der Waals surface area contributed by atoms with Gasteiger partial charge in [-0.15, -0.1) is 11.3 Å². The van der Waals surface area contributed by atoms with Gasteiger partial charge in [0.2, 0.25) is 0 Å². The third-order valence-corrected chi connectivity index (χ3v) is 6.81. The number of nitrogens with one attached hydrogen (secondary N) is 1. The van der Waals surface area contributed by atoms with Crippen LogP contribution < -0.4 is 10.1 Å². The molecule has 0 spiro atoms. The molecular weight excluding hydrogens is 456 g/mol. The van der Waals surface area contributed by atoms with Crippen LogP contribution in [0, 0.1) is 6.92 Å². The monoisotopic (exact) mass is 482 g/mol. The molecule has 176 valence electrons. The zero-order valence-electron chi connectivity index (χ0n) is 19.9. The molecule has 5 aromatic rings. The van der Waals surface area contributed by atoms with Crippen molar-refractivity contribution in [1.29, 1.82) is 0 Å². The van der Waals surface area contributed by atoms with Gasteiger partial charge in [-0.25, -0.2) is 4.98 Å². The Labute approximate surface area is 208 Å². The Balaban J connectivity index is 1.19. The number of aryl methyl sites for hydroxylation is 1. The summed E-state index contributed by atoms with van der Waals surface area (Å²) in [5, 5.41) is 3.84. The molecule has 6 heteroatoms. The number of amides is 1. The average Bonchev–Trinajstić information content (AvgIpc) is 3.50. The number of nitrogens with zero attached hydrogens (tertiary/aromatic N) is 1. The molecule has 0 saturated heterocycles.